The quantitative estimate of drug-likeness (QED) is 0.821. The number of hydrogen-bond donors (Lipinski definition) is 0. The number of carbonyl (C=O) groups excluding carboxylic acids is 1. The summed E-state index contributed by atoms with van der Waals surface area (Å²) in [5.74, 6) is 2.85. The number of benzene rings is 1. The Kier molecular flexibility index (Phi) is 4.62. The van der Waals surface area contributed by atoms with Gasteiger partial charge in [-0.1, -0.05) is 26.0 Å². The lowest BCUT2D eigenvalue weighted by Crippen LogP contribution is -2.27. The maximum Gasteiger partial charge on any atom is 0.140 e. The van der Waals surface area contributed by atoms with Gasteiger partial charge < -0.3 is 4.74 Å². The van der Waals surface area contributed by atoms with Crippen molar-refractivity contribution in [2.75, 3.05) is 7.11 Å². The molecule has 1 aromatic rings. The highest BCUT2D eigenvalue weighted by Crippen LogP contribution is 2.34. The molecule has 2 heteroatoms. The third kappa shape index (κ3) is 3.82. The SMILES string of the molecule is COc1cccc(CC(=O)C2CC(C)CC(C)C2)c1. The Hall–Kier alpha value is -1.31. The average Bonchev–Trinajstić information content (AvgIpc) is 2.37. The molecule has 0 bridgehead atoms. The predicted molar refractivity (Wildman–Crippen MR) is 77.4 cm³/mol. The summed E-state index contributed by atoms with van der Waals surface area (Å²) in [4.78, 5) is 12.4. The fourth-order valence-electron chi connectivity index (χ4n) is 3.34. The van der Waals surface area contributed by atoms with Gasteiger partial charge in [-0.2, -0.15) is 0 Å². The van der Waals surface area contributed by atoms with Crippen molar-refractivity contribution in [3.8, 4) is 5.75 Å². The molecule has 0 amide bonds. The molecule has 1 fully saturated rings. The molecule has 0 spiro atoms. The van der Waals surface area contributed by atoms with Gasteiger partial charge in [-0.05, 0) is 48.8 Å². The van der Waals surface area contributed by atoms with Gasteiger partial charge in [0, 0.05) is 12.3 Å². The van der Waals surface area contributed by atoms with Gasteiger partial charge in [0.1, 0.15) is 11.5 Å². The Labute approximate surface area is 116 Å². The Balaban J connectivity index is 2.00. The molecular formula is C17H24O2. The second-order valence-electron chi connectivity index (χ2n) is 6.11. The first-order valence-electron chi connectivity index (χ1n) is 7.24. The van der Waals surface area contributed by atoms with E-state index in [4.69, 9.17) is 4.74 Å². The molecule has 1 aliphatic rings. The van der Waals surface area contributed by atoms with Gasteiger partial charge in [0.2, 0.25) is 0 Å². The van der Waals surface area contributed by atoms with E-state index in [0.29, 0.717) is 24.0 Å². The van der Waals surface area contributed by atoms with Gasteiger partial charge in [-0.15, -0.1) is 0 Å². The lowest BCUT2D eigenvalue weighted by Gasteiger charge is -2.30. The minimum Gasteiger partial charge on any atom is -0.497 e. The molecule has 1 saturated carbocycles. The second kappa shape index (κ2) is 6.23. The zero-order chi connectivity index (χ0) is 13.8. The fourth-order valence-corrected chi connectivity index (χ4v) is 3.34. The second-order valence-corrected chi connectivity index (χ2v) is 6.11. The van der Waals surface area contributed by atoms with Crippen LogP contribution in [0.1, 0.15) is 38.7 Å². The number of hydrogen-bond acceptors (Lipinski definition) is 2. The predicted octanol–water partition coefficient (Wildman–Crippen LogP) is 3.88. The number of methoxy groups -OCH3 is 1. The molecule has 0 radical (unpaired) electrons. The van der Waals surface area contributed by atoms with E-state index in [0.717, 1.165) is 24.2 Å². The highest BCUT2D eigenvalue weighted by Gasteiger charge is 2.28. The standard InChI is InChI=1S/C17H24O2/c1-12-7-13(2)9-15(8-12)17(18)11-14-5-4-6-16(10-14)19-3/h4-6,10,12-13,15H,7-9,11H2,1-3H3. The number of Topliss-reactive ketones (excluding diaryl/α,β-unsaturated/α-hetero) is 1. The van der Waals surface area contributed by atoms with Crippen LogP contribution in [0, 0.1) is 17.8 Å². The number of rotatable bonds is 4. The van der Waals surface area contributed by atoms with Crippen molar-refractivity contribution in [3.63, 3.8) is 0 Å². The van der Waals surface area contributed by atoms with Crippen LogP contribution >= 0.6 is 0 Å². The van der Waals surface area contributed by atoms with E-state index >= 15 is 0 Å². The van der Waals surface area contributed by atoms with Crippen molar-refractivity contribution in [2.24, 2.45) is 17.8 Å². The van der Waals surface area contributed by atoms with Crippen LogP contribution in [0.2, 0.25) is 0 Å². The van der Waals surface area contributed by atoms with E-state index in [1.165, 1.54) is 6.42 Å². The van der Waals surface area contributed by atoms with Crippen molar-refractivity contribution < 1.29 is 9.53 Å². The Morgan fingerprint density at radius 1 is 1.21 bits per heavy atom. The first-order chi connectivity index (χ1) is 9.08. The van der Waals surface area contributed by atoms with Crippen LogP contribution in [-0.4, -0.2) is 12.9 Å². The third-order valence-corrected chi connectivity index (χ3v) is 4.15. The molecule has 2 unspecified atom stereocenters. The minimum atomic E-state index is 0.255. The normalized spacial score (nSPS) is 27.0. The summed E-state index contributed by atoms with van der Waals surface area (Å²) in [6.45, 7) is 4.53. The molecule has 19 heavy (non-hydrogen) atoms. The summed E-state index contributed by atoms with van der Waals surface area (Å²) < 4.78 is 5.20. The minimum absolute atomic E-state index is 0.255. The smallest absolute Gasteiger partial charge is 0.140 e. The molecular weight excluding hydrogens is 236 g/mol. The maximum atomic E-state index is 12.4. The Morgan fingerprint density at radius 3 is 2.53 bits per heavy atom. The molecule has 0 N–H and O–H groups in total. The monoisotopic (exact) mass is 260 g/mol. The van der Waals surface area contributed by atoms with E-state index in [-0.39, 0.29) is 5.92 Å². The molecule has 0 aromatic heterocycles. The van der Waals surface area contributed by atoms with Gasteiger partial charge in [-0.3, -0.25) is 4.79 Å². The first-order valence-corrected chi connectivity index (χ1v) is 7.24. The Morgan fingerprint density at radius 2 is 1.89 bits per heavy atom. The van der Waals surface area contributed by atoms with Crippen molar-refractivity contribution in [2.45, 2.75) is 39.5 Å². The molecule has 1 aromatic carbocycles. The van der Waals surface area contributed by atoms with E-state index in [1.807, 2.05) is 24.3 Å². The van der Waals surface area contributed by atoms with Crippen LogP contribution in [0.4, 0.5) is 0 Å². The summed E-state index contributed by atoms with van der Waals surface area (Å²) in [6.07, 6.45) is 3.94. The average molecular weight is 260 g/mol. The highest BCUT2D eigenvalue weighted by molar-refractivity contribution is 5.83. The molecule has 104 valence electrons. The topological polar surface area (TPSA) is 26.3 Å². The number of ether oxygens (including phenoxy) is 1. The highest BCUT2D eigenvalue weighted by atomic mass is 16.5. The summed E-state index contributed by atoms with van der Waals surface area (Å²) in [6, 6.07) is 7.84. The van der Waals surface area contributed by atoms with E-state index in [1.54, 1.807) is 7.11 Å². The van der Waals surface area contributed by atoms with Crippen molar-refractivity contribution in [1.82, 2.24) is 0 Å². The van der Waals surface area contributed by atoms with Gasteiger partial charge in [-0.25, -0.2) is 0 Å². The zero-order valence-corrected chi connectivity index (χ0v) is 12.2. The van der Waals surface area contributed by atoms with Crippen molar-refractivity contribution >= 4 is 5.78 Å². The van der Waals surface area contributed by atoms with Gasteiger partial charge in [0.05, 0.1) is 7.11 Å². The van der Waals surface area contributed by atoms with Crippen LogP contribution in [0.3, 0.4) is 0 Å². The van der Waals surface area contributed by atoms with E-state index < -0.39 is 0 Å². The van der Waals surface area contributed by atoms with Crippen LogP contribution in [0.5, 0.6) is 5.75 Å². The molecule has 0 aliphatic heterocycles. The molecule has 1 aliphatic carbocycles. The lowest BCUT2D eigenvalue weighted by molar-refractivity contribution is -0.124. The van der Waals surface area contributed by atoms with Gasteiger partial charge in [0.25, 0.3) is 0 Å². The lowest BCUT2D eigenvalue weighted by atomic mass is 9.74. The first kappa shape index (κ1) is 14.1. The van der Waals surface area contributed by atoms with Crippen LogP contribution in [-0.2, 0) is 11.2 Å². The van der Waals surface area contributed by atoms with Crippen molar-refractivity contribution in [3.05, 3.63) is 29.8 Å². The maximum absolute atomic E-state index is 12.4. The summed E-state index contributed by atoms with van der Waals surface area (Å²) in [5.41, 5.74) is 1.07. The summed E-state index contributed by atoms with van der Waals surface area (Å²) in [7, 11) is 1.66. The summed E-state index contributed by atoms with van der Waals surface area (Å²) in [5, 5.41) is 0. The molecule has 0 heterocycles. The largest absolute Gasteiger partial charge is 0.497 e. The van der Waals surface area contributed by atoms with Gasteiger partial charge >= 0.3 is 0 Å². The van der Waals surface area contributed by atoms with Crippen LogP contribution in [0.25, 0.3) is 0 Å². The molecule has 2 nitrogen and oxygen atoms in total. The Bertz CT molecular complexity index is 429. The van der Waals surface area contributed by atoms with Crippen molar-refractivity contribution in [1.29, 1.82) is 0 Å². The van der Waals surface area contributed by atoms with E-state index in [2.05, 4.69) is 13.8 Å². The third-order valence-electron chi connectivity index (χ3n) is 4.15. The number of ketones is 1. The molecule has 2 atom stereocenters. The summed E-state index contributed by atoms with van der Waals surface area (Å²) >= 11 is 0. The van der Waals surface area contributed by atoms with E-state index in [9.17, 15) is 4.79 Å². The fraction of sp³-hybridized carbons (Fsp3) is 0.588. The molecule has 0 saturated heterocycles. The van der Waals surface area contributed by atoms with Crippen LogP contribution in [0.15, 0.2) is 24.3 Å². The van der Waals surface area contributed by atoms with Gasteiger partial charge in [0.15, 0.2) is 0 Å². The number of carbonyl (C=O) groups is 1. The zero-order valence-electron chi connectivity index (χ0n) is 12.2. The van der Waals surface area contributed by atoms with Crippen LogP contribution < -0.4 is 4.74 Å². The molecule has 2 rings (SSSR count).